The van der Waals surface area contributed by atoms with Gasteiger partial charge in [0, 0.05) is 11.6 Å². The van der Waals surface area contributed by atoms with E-state index >= 15 is 0 Å². The number of ether oxygens (including phenoxy) is 1. The molecule has 20 heavy (non-hydrogen) atoms. The van der Waals surface area contributed by atoms with E-state index in [2.05, 4.69) is 4.90 Å². The zero-order valence-electron chi connectivity index (χ0n) is 12.4. The molecule has 1 heterocycles. The Bertz CT molecular complexity index is 482. The zero-order valence-corrected chi connectivity index (χ0v) is 13.1. The van der Waals surface area contributed by atoms with Gasteiger partial charge in [-0.1, -0.05) is 23.7 Å². The molecule has 110 valence electrons. The van der Waals surface area contributed by atoms with E-state index in [4.69, 9.17) is 16.3 Å². The van der Waals surface area contributed by atoms with Gasteiger partial charge in [-0.05, 0) is 57.9 Å². The van der Waals surface area contributed by atoms with Crippen LogP contribution in [0.15, 0.2) is 24.3 Å². The highest BCUT2D eigenvalue weighted by Crippen LogP contribution is 2.24. The van der Waals surface area contributed by atoms with E-state index in [1.807, 2.05) is 45.0 Å². The first kappa shape index (κ1) is 15.3. The van der Waals surface area contributed by atoms with Crippen molar-refractivity contribution in [1.29, 1.82) is 0 Å². The summed E-state index contributed by atoms with van der Waals surface area (Å²) in [6, 6.07) is 7.66. The number of nitrogens with zero attached hydrogens (tertiary/aromatic N) is 1. The molecular weight excluding hydrogens is 274 g/mol. The van der Waals surface area contributed by atoms with Crippen LogP contribution in [0.1, 0.15) is 39.2 Å². The highest BCUT2D eigenvalue weighted by Gasteiger charge is 2.33. The normalized spacial score (nSPS) is 20.1. The number of likely N-dealkylation sites (tertiary alicyclic amines) is 1. The lowest BCUT2D eigenvalue weighted by molar-refractivity contribution is -0.160. The quantitative estimate of drug-likeness (QED) is 0.797. The van der Waals surface area contributed by atoms with E-state index in [1.54, 1.807) is 0 Å². The molecule has 1 atom stereocenters. The Morgan fingerprint density at radius 1 is 1.45 bits per heavy atom. The van der Waals surface area contributed by atoms with E-state index in [-0.39, 0.29) is 12.0 Å². The van der Waals surface area contributed by atoms with Gasteiger partial charge in [0.05, 0.1) is 0 Å². The third-order valence-electron chi connectivity index (χ3n) is 3.32. The number of carbonyl (C=O) groups is 1. The van der Waals surface area contributed by atoms with E-state index in [9.17, 15) is 4.79 Å². The van der Waals surface area contributed by atoms with Gasteiger partial charge < -0.3 is 4.74 Å². The SMILES string of the molecule is CC(C)(C)OC(=O)[C@H]1CCCN1Cc1cccc(Cl)c1. The summed E-state index contributed by atoms with van der Waals surface area (Å²) in [7, 11) is 0. The minimum atomic E-state index is -0.429. The molecule has 0 saturated carbocycles. The van der Waals surface area contributed by atoms with Crippen LogP contribution in [0.4, 0.5) is 0 Å². The number of carbonyl (C=O) groups excluding carboxylic acids is 1. The first-order chi connectivity index (χ1) is 9.35. The molecule has 1 fully saturated rings. The number of halogens is 1. The van der Waals surface area contributed by atoms with E-state index in [0.717, 1.165) is 36.5 Å². The number of rotatable bonds is 3. The van der Waals surface area contributed by atoms with Crippen molar-refractivity contribution in [3.05, 3.63) is 34.9 Å². The van der Waals surface area contributed by atoms with Crippen molar-refractivity contribution in [3.8, 4) is 0 Å². The van der Waals surface area contributed by atoms with Gasteiger partial charge in [-0.3, -0.25) is 9.69 Å². The minimum absolute atomic E-state index is 0.114. The van der Waals surface area contributed by atoms with Crippen LogP contribution in [0.2, 0.25) is 5.02 Å². The van der Waals surface area contributed by atoms with Crippen LogP contribution >= 0.6 is 11.6 Å². The summed E-state index contributed by atoms with van der Waals surface area (Å²) in [5.74, 6) is -0.114. The van der Waals surface area contributed by atoms with E-state index in [1.165, 1.54) is 0 Å². The number of hydrogen-bond acceptors (Lipinski definition) is 3. The van der Waals surface area contributed by atoms with Gasteiger partial charge >= 0.3 is 5.97 Å². The summed E-state index contributed by atoms with van der Waals surface area (Å²) in [5.41, 5.74) is 0.703. The predicted octanol–water partition coefficient (Wildman–Crippen LogP) is 3.65. The lowest BCUT2D eigenvalue weighted by atomic mass is 10.1. The first-order valence-corrected chi connectivity index (χ1v) is 7.44. The maximum atomic E-state index is 12.2. The Morgan fingerprint density at radius 3 is 2.85 bits per heavy atom. The molecule has 0 spiro atoms. The van der Waals surface area contributed by atoms with Crippen LogP contribution in [-0.2, 0) is 16.1 Å². The second-order valence-electron chi connectivity index (χ2n) is 6.29. The molecule has 0 unspecified atom stereocenters. The van der Waals surface area contributed by atoms with Gasteiger partial charge in [0.25, 0.3) is 0 Å². The van der Waals surface area contributed by atoms with Crippen LogP contribution in [0.5, 0.6) is 0 Å². The van der Waals surface area contributed by atoms with E-state index < -0.39 is 5.60 Å². The molecule has 0 amide bonds. The second-order valence-corrected chi connectivity index (χ2v) is 6.73. The molecule has 0 aliphatic carbocycles. The number of esters is 1. The van der Waals surface area contributed by atoms with Gasteiger partial charge in [-0.15, -0.1) is 0 Å². The Labute approximate surface area is 125 Å². The topological polar surface area (TPSA) is 29.5 Å². The molecule has 1 aliphatic heterocycles. The van der Waals surface area contributed by atoms with Gasteiger partial charge in [-0.2, -0.15) is 0 Å². The highest BCUT2D eigenvalue weighted by atomic mass is 35.5. The average Bonchev–Trinajstić information content (AvgIpc) is 2.75. The molecule has 0 bridgehead atoms. The lowest BCUT2D eigenvalue weighted by Gasteiger charge is -2.27. The Balaban J connectivity index is 2.02. The van der Waals surface area contributed by atoms with Crippen molar-refractivity contribution >= 4 is 17.6 Å². The Kier molecular flexibility index (Phi) is 4.71. The van der Waals surface area contributed by atoms with Crippen molar-refractivity contribution < 1.29 is 9.53 Å². The predicted molar refractivity (Wildman–Crippen MR) is 80.7 cm³/mol. The summed E-state index contributed by atoms with van der Waals surface area (Å²) < 4.78 is 5.51. The lowest BCUT2D eigenvalue weighted by Crippen LogP contribution is -2.40. The number of hydrogen-bond donors (Lipinski definition) is 0. The van der Waals surface area contributed by atoms with Crippen LogP contribution < -0.4 is 0 Å². The molecular formula is C16H22ClNO2. The molecule has 0 radical (unpaired) electrons. The fraction of sp³-hybridized carbons (Fsp3) is 0.562. The summed E-state index contributed by atoms with van der Waals surface area (Å²) in [6.07, 6.45) is 1.90. The van der Waals surface area contributed by atoms with Crippen LogP contribution in [-0.4, -0.2) is 29.1 Å². The molecule has 2 rings (SSSR count). The molecule has 0 aromatic heterocycles. The molecule has 3 nitrogen and oxygen atoms in total. The zero-order chi connectivity index (χ0) is 14.8. The minimum Gasteiger partial charge on any atom is -0.459 e. The van der Waals surface area contributed by atoms with Gasteiger partial charge in [0.2, 0.25) is 0 Å². The summed E-state index contributed by atoms with van der Waals surface area (Å²) >= 11 is 6.01. The van der Waals surface area contributed by atoms with Gasteiger partial charge in [-0.25, -0.2) is 0 Å². The summed E-state index contributed by atoms with van der Waals surface area (Å²) in [4.78, 5) is 14.4. The van der Waals surface area contributed by atoms with Crippen molar-refractivity contribution in [2.24, 2.45) is 0 Å². The van der Waals surface area contributed by atoms with Gasteiger partial charge in [0.15, 0.2) is 0 Å². The maximum absolute atomic E-state index is 12.2. The van der Waals surface area contributed by atoms with Crippen LogP contribution in [0.3, 0.4) is 0 Å². The van der Waals surface area contributed by atoms with Crippen molar-refractivity contribution in [2.75, 3.05) is 6.54 Å². The molecule has 1 aliphatic rings. The standard InChI is InChI=1S/C16H22ClNO2/c1-16(2,3)20-15(19)14-8-5-9-18(14)11-12-6-4-7-13(17)10-12/h4,6-7,10,14H,5,8-9,11H2,1-3H3/t14-/m1/s1. The fourth-order valence-corrected chi connectivity index (χ4v) is 2.73. The van der Waals surface area contributed by atoms with Crippen molar-refractivity contribution in [1.82, 2.24) is 4.90 Å². The third-order valence-corrected chi connectivity index (χ3v) is 3.55. The van der Waals surface area contributed by atoms with Gasteiger partial charge in [0.1, 0.15) is 11.6 Å². The molecule has 4 heteroatoms. The van der Waals surface area contributed by atoms with Crippen LogP contribution in [0, 0.1) is 0 Å². The van der Waals surface area contributed by atoms with Crippen molar-refractivity contribution in [3.63, 3.8) is 0 Å². The molecule has 1 aromatic carbocycles. The van der Waals surface area contributed by atoms with Crippen LogP contribution in [0.25, 0.3) is 0 Å². The highest BCUT2D eigenvalue weighted by molar-refractivity contribution is 6.30. The molecule has 0 N–H and O–H groups in total. The Morgan fingerprint density at radius 2 is 2.20 bits per heavy atom. The summed E-state index contributed by atoms with van der Waals surface area (Å²) in [6.45, 7) is 7.38. The molecule has 1 aromatic rings. The number of benzene rings is 1. The maximum Gasteiger partial charge on any atom is 0.323 e. The second kappa shape index (κ2) is 6.15. The smallest absolute Gasteiger partial charge is 0.323 e. The fourth-order valence-electron chi connectivity index (χ4n) is 2.52. The third kappa shape index (κ3) is 4.22. The largest absolute Gasteiger partial charge is 0.459 e. The molecule has 1 saturated heterocycles. The van der Waals surface area contributed by atoms with Crippen molar-refractivity contribution in [2.45, 2.75) is 51.8 Å². The summed E-state index contributed by atoms with van der Waals surface area (Å²) in [5, 5.41) is 0.732. The average molecular weight is 296 g/mol. The first-order valence-electron chi connectivity index (χ1n) is 7.06. The monoisotopic (exact) mass is 295 g/mol. The van der Waals surface area contributed by atoms with E-state index in [0.29, 0.717) is 0 Å². The Hall–Kier alpha value is -1.06.